The van der Waals surface area contributed by atoms with E-state index in [2.05, 4.69) is 128 Å². The van der Waals surface area contributed by atoms with Crippen LogP contribution in [0.3, 0.4) is 0 Å². The van der Waals surface area contributed by atoms with Crippen molar-refractivity contribution in [3.8, 4) is 67.3 Å². The second-order valence-electron chi connectivity index (χ2n) is 29.3. The normalized spacial score (nSPS) is 17.1. The Bertz CT molecular complexity index is 4940. The van der Waals surface area contributed by atoms with Gasteiger partial charge in [0.2, 0.25) is 5.91 Å². The maximum Gasteiger partial charge on any atom is 0.236 e. The van der Waals surface area contributed by atoms with Gasteiger partial charge in [-0.1, -0.05) is 127 Å². The number of piperidine rings is 1. The van der Waals surface area contributed by atoms with Crippen LogP contribution in [0, 0.1) is 11.6 Å². The molecule has 17 rings (SSSR count). The van der Waals surface area contributed by atoms with E-state index in [1.54, 1.807) is 56.0 Å². The SMILES string of the molecule is C.C.C.C.CC(=O)C1CN(c2n[nH]c(-c3ccc(F)cc3)c2-c2ccncc2)CCN1C.CN1CCN(c2n[nH]c(-c3ccc(F)cc3)c2-c2ccncc2)CC1C(N)=O.Clc1ccc(-c2[nH]nc(NC3CCCCC3)c2C2=CC=NCC2)cc1.Clc1ccc(-c2[nH]nc(NC3CCN(Cc4ccccc4)CC3)c2C2=CC=NCC2)cc1. The van der Waals surface area contributed by atoms with Crippen LogP contribution in [0.5, 0.6) is 0 Å². The van der Waals surface area contributed by atoms with Crippen LogP contribution in [0.2, 0.25) is 10.0 Å². The Morgan fingerprint density at radius 3 is 1.27 bits per heavy atom. The summed E-state index contributed by atoms with van der Waals surface area (Å²) in [5, 5.41) is 40.2. The van der Waals surface area contributed by atoms with Crippen molar-refractivity contribution in [3.05, 3.63) is 227 Å². The number of carbonyl (C=O) groups is 2. The highest BCUT2D eigenvalue weighted by Gasteiger charge is 2.35. The van der Waals surface area contributed by atoms with E-state index in [0.717, 1.165) is 178 Å². The number of nitrogens with one attached hydrogen (secondary N) is 6. The van der Waals surface area contributed by atoms with Crippen LogP contribution >= 0.6 is 23.2 Å². The molecular formula is C91H110Cl2F2N20O2. The smallest absolute Gasteiger partial charge is 0.236 e. The summed E-state index contributed by atoms with van der Waals surface area (Å²) in [6, 6.07) is 47.3. The van der Waals surface area contributed by atoms with Gasteiger partial charge in [-0.15, -0.1) is 0 Å². The van der Waals surface area contributed by atoms with Crippen molar-refractivity contribution in [1.82, 2.24) is 65.5 Å². The van der Waals surface area contributed by atoms with Crippen LogP contribution < -0.4 is 26.2 Å². The Morgan fingerprint density at radius 2 is 0.863 bits per heavy atom. The van der Waals surface area contributed by atoms with E-state index < -0.39 is 0 Å². The van der Waals surface area contributed by atoms with Crippen molar-refractivity contribution in [2.45, 2.75) is 125 Å². The molecule has 1 saturated carbocycles. The van der Waals surface area contributed by atoms with Gasteiger partial charge in [0, 0.05) is 165 Å². The number of hydrogen-bond donors (Lipinski definition) is 7. The number of likely N-dealkylation sites (tertiary alicyclic amines) is 1. The first-order valence-electron chi connectivity index (χ1n) is 38.7. The lowest BCUT2D eigenvalue weighted by molar-refractivity contribution is -0.123. The fourth-order valence-corrected chi connectivity index (χ4v) is 15.8. The van der Waals surface area contributed by atoms with Crippen molar-refractivity contribution in [1.29, 1.82) is 0 Å². The highest BCUT2D eigenvalue weighted by molar-refractivity contribution is 6.31. The molecule has 5 aliphatic heterocycles. The highest BCUT2D eigenvalue weighted by Crippen LogP contribution is 2.43. The maximum atomic E-state index is 13.4. The average Bonchev–Trinajstić information content (AvgIpc) is 1.65. The number of ketones is 1. The number of nitrogens with zero attached hydrogens (tertiary/aromatic N) is 13. The summed E-state index contributed by atoms with van der Waals surface area (Å²) in [5.41, 5.74) is 23.1. The van der Waals surface area contributed by atoms with E-state index in [1.807, 2.05) is 104 Å². The van der Waals surface area contributed by atoms with Gasteiger partial charge in [0.05, 0.1) is 39.9 Å². The summed E-state index contributed by atoms with van der Waals surface area (Å²) in [6.45, 7) is 10.5. The molecule has 614 valence electrons. The molecule has 0 spiro atoms. The standard InChI is InChI=1S/C26H28ClN5.C21H22FN5O.C20H23ClN4.C20H21FN6O.4CH4/c27-22-8-6-21(7-9-22)25-24(20-10-14-28-15-11-20)26(31-30-25)29-23-12-16-32(17-13-23)18-19-4-2-1-3-5-19;1-14(28)18-13-27(12-11-26(18)2)21-19(15-7-9-23-10-8-15)20(24-25-21)16-3-5-17(22)6-4-16;21-16-8-6-15(7-9-16)19-18(14-10-12-22-13-11-14)20(25-24-19)23-17-4-2-1-3-5-17;1-26-10-11-27(12-16(26)19(22)28)20-17(13-6-8-23-9-7-13)18(24-25-20)14-2-4-15(21)5-3-14;;;;/h1-10,14,23H,11-13,15-18H2,(H2,29,30,31);3-10,18H,11-13H2,1-2H3,(H,24,25);6-10,12,17H,1-5,11,13H2,(H2,23,24,25);2-9,16H,10-12H2,1H3,(H2,22,28)(H,24,25);4*1H4. The molecule has 117 heavy (non-hydrogen) atoms. The molecule has 26 heteroatoms. The number of anilines is 4. The molecule has 2 atom stereocenters. The number of halogens is 4. The van der Waals surface area contributed by atoms with Crippen molar-refractivity contribution in [2.24, 2.45) is 15.7 Å². The summed E-state index contributed by atoms with van der Waals surface area (Å²) in [5.74, 6) is 2.67. The number of pyridine rings is 2. The number of nitrogens with two attached hydrogens (primary N) is 1. The second-order valence-corrected chi connectivity index (χ2v) is 30.2. The number of likely N-dealkylation sites (N-methyl/N-ethyl adjacent to an activating group) is 2. The number of hydrogen-bond acceptors (Lipinski definition) is 17. The maximum absolute atomic E-state index is 13.4. The minimum Gasteiger partial charge on any atom is -0.368 e. The number of rotatable bonds is 18. The zero-order chi connectivity index (χ0) is 78.2. The number of piperazine rings is 2. The fourth-order valence-electron chi connectivity index (χ4n) is 15.5. The van der Waals surface area contributed by atoms with Gasteiger partial charge in [0.25, 0.3) is 0 Å². The molecule has 4 fully saturated rings. The Hall–Kier alpha value is -11.3. The summed E-state index contributed by atoms with van der Waals surface area (Å²) in [7, 11) is 3.87. The van der Waals surface area contributed by atoms with Gasteiger partial charge in [0.1, 0.15) is 23.5 Å². The minimum atomic E-state index is -0.384. The highest BCUT2D eigenvalue weighted by atomic mass is 35.5. The topological polar surface area (TPSA) is 266 Å². The first-order valence-corrected chi connectivity index (χ1v) is 39.5. The number of benzene rings is 5. The number of primary amides is 1. The first-order chi connectivity index (χ1) is 55.2. The van der Waals surface area contributed by atoms with E-state index >= 15 is 0 Å². The van der Waals surface area contributed by atoms with E-state index in [4.69, 9.17) is 34.0 Å². The van der Waals surface area contributed by atoms with Gasteiger partial charge >= 0.3 is 0 Å². The van der Waals surface area contributed by atoms with Gasteiger partial charge in [-0.05, 0) is 197 Å². The van der Waals surface area contributed by atoms with Crippen LogP contribution in [-0.4, -0.2) is 193 Å². The van der Waals surface area contributed by atoms with E-state index in [1.165, 1.54) is 78.6 Å². The van der Waals surface area contributed by atoms with Crippen LogP contribution in [0.1, 0.15) is 111 Å². The molecule has 1 amide bonds. The van der Waals surface area contributed by atoms with Gasteiger partial charge in [-0.2, -0.15) is 20.4 Å². The third kappa shape index (κ3) is 21.9. The van der Waals surface area contributed by atoms with Gasteiger partial charge in [-0.3, -0.25) is 64.6 Å². The number of amides is 1. The molecule has 11 aromatic rings. The van der Waals surface area contributed by atoms with Gasteiger partial charge in [-0.25, -0.2) is 8.78 Å². The number of H-pyrrole nitrogens is 4. The predicted molar refractivity (Wildman–Crippen MR) is 477 cm³/mol. The lowest BCUT2D eigenvalue weighted by atomic mass is 9.94. The predicted octanol–water partition coefficient (Wildman–Crippen LogP) is 18.4. The van der Waals surface area contributed by atoms with Crippen molar-refractivity contribution >= 4 is 81.7 Å². The van der Waals surface area contributed by atoms with Crippen LogP contribution in [0.15, 0.2) is 199 Å². The molecule has 0 radical (unpaired) electrons. The number of aromatic amines is 4. The summed E-state index contributed by atoms with van der Waals surface area (Å²) < 4.78 is 26.8. The third-order valence-corrected chi connectivity index (χ3v) is 22.2. The molecule has 11 heterocycles. The zero-order valence-corrected chi connectivity index (χ0v) is 65.2. The summed E-state index contributed by atoms with van der Waals surface area (Å²) in [6.07, 6.45) is 25.4. The van der Waals surface area contributed by atoms with E-state index in [0.29, 0.717) is 38.3 Å². The molecule has 6 aliphatic rings. The quantitative estimate of drug-likeness (QED) is 0.0421. The van der Waals surface area contributed by atoms with Crippen LogP contribution in [0.25, 0.3) is 78.4 Å². The van der Waals surface area contributed by atoms with Gasteiger partial charge < -0.3 is 26.2 Å². The number of aliphatic imine (C=N–C) groups is 2. The van der Waals surface area contributed by atoms with E-state index in [-0.39, 0.29) is 65.1 Å². The van der Waals surface area contributed by atoms with Crippen LogP contribution in [-0.2, 0) is 16.1 Å². The molecule has 5 aromatic carbocycles. The molecular weight excluding hydrogens is 1510 g/mol. The van der Waals surface area contributed by atoms with E-state index in [9.17, 15) is 18.4 Å². The molecule has 6 aromatic heterocycles. The summed E-state index contributed by atoms with van der Waals surface area (Å²) >= 11 is 12.2. The Morgan fingerprint density at radius 1 is 0.470 bits per heavy atom. The number of dihydropyridines is 2. The molecule has 22 nitrogen and oxygen atoms in total. The molecule has 3 saturated heterocycles. The largest absolute Gasteiger partial charge is 0.368 e. The molecule has 8 N–H and O–H groups in total. The van der Waals surface area contributed by atoms with Crippen molar-refractivity contribution < 1.29 is 18.4 Å². The number of carbonyl (C=O) groups excluding carboxylic acids is 2. The fraction of sp³-hybridized carbons (Fsp3) is 0.341. The number of Topliss-reactive ketones (excluding diaryl/α,β-unsaturated/α-hetero) is 1. The third-order valence-electron chi connectivity index (χ3n) is 21.7. The molecule has 2 unspecified atom stereocenters. The lowest BCUT2D eigenvalue weighted by Crippen LogP contribution is -2.57. The Kier molecular flexibility index (Phi) is 31.6. The number of allylic oxidation sites excluding steroid dienone is 2. The lowest BCUT2D eigenvalue weighted by Gasteiger charge is -2.38. The Labute approximate surface area is 696 Å². The summed E-state index contributed by atoms with van der Waals surface area (Å²) in [4.78, 5) is 51.6. The average molecular weight is 1620 g/mol. The van der Waals surface area contributed by atoms with Crippen LogP contribution in [0.4, 0.5) is 32.1 Å². The molecule has 1 aliphatic carbocycles. The Balaban J connectivity index is 0.000000163. The van der Waals surface area contributed by atoms with Crippen molar-refractivity contribution in [3.63, 3.8) is 0 Å². The van der Waals surface area contributed by atoms with Gasteiger partial charge in [0.15, 0.2) is 23.3 Å². The zero-order valence-electron chi connectivity index (χ0n) is 63.7. The monoisotopic (exact) mass is 1620 g/mol. The number of aromatic nitrogens is 10. The van der Waals surface area contributed by atoms with Crippen molar-refractivity contribution in [2.75, 3.05) is 100.0 Å². The second kappa shape index (κ2) is 42.0. The molecule has 0 bridgehead atoms. The first kappa shape index (κ1) is 88.1. The minimum absolute atomic E-state index is 0.